The van der Waals surface area contributed by atoms with Gasteiger partial charge in [-0.1, -0.05) is 37.6 Å². The van der Waals surface area contributed by atoms with Crippen molar-refractivity contribution in [2.24, 2.45) is 5.14 Å². The predicted molar refractivity (Wildman–Crippen MR) is 82.9 cm³/mol. The number of nitrogens with two attached hydrogens (primary N) is 1. The fraction of sp³-hybridized carbons (Fsp3) is 0.571. The van der Waals surface area contributed by atoms with Gasteiger partial charge >= 0.3 is 10.3 Å². The van der Waals surface area contributed by atoms with Gasteiger partial charge < -0.3 is 9.47 Å². The molecule has 124 valence electrons. The SMILES string of the molecule is CCC1(CC)Oc2c(Cl)cccc2C(CCOS(N)(=O)=O)O1. The lowest BCUT2D eigenvalue weighted by Crippen LogP contribution is -2.43. The second-order valence-electron chi connectivity index (χ2n) is 5.09. The summed E-state index contributed by atoms with van der Waals surface area (Å²) in [6.45, 7) is 3.85. The number of rotatable bonds is 6. The molecule has 2 N–H and O–H groups in total. The second-order valence-corrected chi connectivity index (χ2v) is 6.72. The highest BCUT2D eigenvalue weighted by Crippen LogP contribution is 2.46. The zero-order valence-corrected chi connectivity index (χ0v) is 14.1. The molecule has 2 rings (SSSR count). The van der Waals surface area contributed by atoms with Crippen LogP contribution in [0.4, 0.5) is 0 Å². The molecule has 1 aliphatic rings. The summed E-state index contributed by atoms with van der Waals surface area (Å²) in [4.78, 5) is 0. The van der Waals surface area contributed by atoms with Crippen molar-refractivity contribution < 1.29 is 22.1 Å². The Morgan fingerprint density at radius 1 is 1.36 bits per heavy atom. The standard InChI is InChI=1S/C14H20ClNO5S/c1-3-14(4-2)20-12(8-9-19-22(16,17)18)10-6-5-7-11(15)13(10)21-14/h5-7,12H,3-4,8-9H2,1-2H3,(H2,16,17,18). The molecule has 8 heteroatoms. The molecule has 0 bridgehead atoms. The maximum absolute atomic E-state index is 10.9. The highest BCUT2D eigenvalue weighted by molar-refractivity contribution is 7.84. The van der Waals surface area contributed by atoms with E-state index in [0.717, 1.165) is 5.56 Å². The van der Waals surface area contributed by atoms with Crippen LogP contribution in [0.1, 0.15) is 44.8 Å². The molecule has 0 spiro atoms. The first-order valence-corrected chi connectivity index (χ1v) is 8.97. The summed E-state index contributed by atoms with van der Waals surface area (Å²) in [6, 6.07) is 5.39. The smallest absolute Gasteiger partial charge is 0.333 e. The molecule has 0 saturated carbocycles. The maximum atomic E-state index is 10.9. The quantitative estimate of drug-likeness (QED) is 0.853. The van der Waals surface area contributed by atoms with Crippen LogP contribution in [-0.2, 0) is 19.2 Å². The number of hydrogen-bond acceptors (Lipinski definition) is 5. The van der Waals surface area contributed by atoms with E-state index in [9.17, 15) is 8.42 Å². The van der Waals surface area contributed by atoms with Crippen molar-refractivity contribution in [3.63, 3.8) is 0 Å². The van der Waals surface area contributed by atoms with E-state index >= 15 is 0 Å². The van der Waals surface area contributed by atoms with E-state index in [4.69, 9.17) is 26.2 Å². The van der Waals surface area contributed by atoms with Crippen LogP contribution in [0.3, 0.4) is 0 Å². The summed E-state index contributed by atoms with van der Waals surface area (Å²) in [5, 5.41) is 5.34. The minimum absolute atomic E-state index is 0.0705. The Kier molecular flexibility index (Phi) is 5.34. The fourth-order valence-corrected chi connectivity index (χ4v) is 3.02. The monoisotopic (exact) mass is 349 g/mol. The first-order chi connectivity index (χ1) is 10.3. The van der Waals surface area contributed by atoms with Crippen molar-refractivity contribution in [3.05, 3.63) is 28.8 Å². The van der Waals surface area contributed by atoms with Crippen LogP contribution in [0.15, 0.2) is 18.2 Å². The van der Waals surface area contributed by atoms with Crippen LogP contribution in [0.25, 0.3) is 0 Å². The summed E-state index contributed by atoms with van der Waals surface area (Å²) in [7, 11) is -3.96. The zero-order chi connectivity index (χ0) is 16.4. The number of hydrogen-bond donors (Lipinski definition) is 1. The van der Waals surface area contributed by atoms with Gasteiger partial charge in [0.05, 0.1) is 17.7 Å². The largest absolute Gasteiger partial charge is 0.460 e. The van der Waals surface area contributed by atoms with Gasteiger partial charge in [-0.05, 0) is 6.07 Å². The number of benzene rings is 1. The Bertz CT molecular complexity index is 630. The molecule has 1 aliphatic heterocycles. The van der Waals surface area contributed by atoms with Crippen LogP contribution in [-0.4, -0.2) is 20.8 Å². The summed E-state index contributed by atoms with van der Waals surface area (Å²) in [5.74, 6) is -0.190. The Labute approximate surface area is 135 Å². The van der Waals surface area contributed by atoms with E-state index in [2.05, 4.69) is 4.18 Å². The summed E-state index contributed by atoms with van der Waals surface area (Å²) in [6.07, 6.45) is 1.24. The van der Waals surface area contributed by atoms with E-state index in [1.165, 1.54) is 0 Å². The van der Waals surface area contributed by atoms with Crippen molar-refractivity contribution in [2.45, 2.75) is 45.0 Å². The van der Waals surface area contributed by atoms with E-state index in [-0.39, 0.29) is 12.7 Å². The van der Waals surface area contributed by atoms with Crippen molar-refractivity contribution in [1.82, 2.24) is 0 Å². The normalized spacial score (nSPS) is 20.3. The molecule has 0 fully saturated rings. The van der Waals surface area contributed by atoms with Crippen molar-refractivity contribution in [1.29, 1.82) is 0 Å². The molecule has 1 aromatic rings. The highest BCUT2D eigenvalue weighted by Gasteiger charge is 2.40. The lowest BCUT2D eigenvalue weighted by molar-refractivity contribution is -0.235. The minimum Gasteiger partial charge on any atom is -0.460 e. The highest BCUT2D eigenvalue weighted by atomic mass is 35.5. The molecular formula is C14H20ClNO5S. The van der Waals surface area contributed by atoms with Crippen molar-refractivity contribution in [3.8, 4) is 5.75 Å². The van der Waals surface area contributed by atoms with Crippen molar-refractivity contribution in [2.75, 3.05) is 6.61 Å². The first-order valence-electron chi connectivity index (χ1n) is 7.12. The Morgan fingerprint density at radius 3 is 2.64 bits per heavy atom. The number of fused-ring (bicyclic) bond motifs is 1. The average molecular weight is 350 g/mol. The van der Waals surface area contributed by atoms with Crippen LogP contribution >= 0.6 is 11.6 Å². The predicted octanol–water partition coefficient (Wildman–Crippen LogP) is 2.92. The molecule has 0 saturated heterocycles. The number of halogens is 1. The lowest BCUT2D eigenvalue weighted by Gasteiger charge is -2.41. The minimum atomic E-state index is -3.96. The van der Waals surface area contributed by atoms with E-state index in [0.29, 0.717) is 30.0 Å². The van der Waals surface area contributed by atoms with Gasteiger partial charge in [-0.25, -0.2) is 5.14 Å². The molecule has 1 atom stereocenters. The van der Waals surface area contributed by atoms with Gasteiger partial charge in [0.1, 0.15) is 5.75 Å². The molecule has 0 aromatic heterocycles. The summed E-state index contributed by atoms with van der Waals surface area (Å²) < 4.78 is 38.4. The van der Waals surface area contributed by atoms with Gasteiger partial charge in [0, 0.05) is 24.8 Å². The summed E-state index contributed by atoms with van der Waals surface area (Å²) >= 11 is 6.23. The van der Waals surface area contributed by atoms with Crippen LogP contribution in [0.5, 0.6) is 5.75 Å². The van der Waals surface area contributed by atoms with Crippen molar-refractivity contribution >= 4 is 21.9 Å². The molecule has 1 heterocycles. The van der Waals surface area contributed by atoms with Crippen LogP contribution in [0.2, 0.25) is 5.02 Å². The zero-order valence-electron chi connectivity index (χ0n) is 12.5. The third kappa shape index (κ3) is 3.91. The number of ether oxygens (including phenoxy) is 2. The molecule has 22 heavy (non-hydrogen) atoms. The third-order valence-electron chi connectivity index (χ3n) is 3.69. The molecule has 6 nitrogen and oxygen atoms in total. The second kappa shape index (κ2) is 6.72. The van der Waals surface area contributed by atoms with E-state index < -0.39 is 16.1 Å². The Balaban J connectivity index is 2.26. The van der Waals surface area contributed by atoms with E-state index in [1.807, 2.05) is 19.9 Å². The van der Waals surface area contributed by atoms with Gasteiger partial charge in [0.15, 0.2) is 0 Å². The molecule has 0 radical (unpaired) electrons. The van der Waals surface area contributed by atoms with Gasteiger partial charge in [0.2, 0.25) is 5.79 Å². The van der Waals surface area contributed by atoms with Gasteiger partial charge in [0.25, 0.3) is 0 Å². The third-order valence-corrected chi connectivity index (χ3v) is 4.49. The average Bonchev–Trinajstić information content (AvgIpc) is 2.46. The van der Waals surface area contributed by atoms with Gasteiger partial charge in [-0.15, -0.1) is 0 Å². The topological polar surface area (TPSA) is 87.9 Å². The van der Waals surface area contributed by atoms with Gasteiger partial charge in [-0.2, -0.15) is 8.42 Å². The fourth-order valence-electron chi connectivity index (χ4n) is 2.47. The first kappa shape index (κ1) is 17.5. The molecule has 1 unspecified atom stereocenters. The summed E-state index contributed by atoms with van der Waals surface area (Å²) in [5.41, 5.74) is 0.781. The number of para-hydroxylation sites is 1. The Hall–Kier alpha value is -0.860. The molecule has 0 amide bonds. The van der Waals surface area contributed by atoms with Crippen LogP contribution < -0.4 is 9.88 Å². The Morgan fingerprint density at radius 2 is 2.05 bits per heavy atom. The van der Waals surface area contributed by atoms with E-state index in [1.54, 1.807) is 12.1 Å². The molecule has 1 aromatic carbocycles. The van der Waals surface area contributed by atoms with Gasteiger partial charge in [-0.3, -0.25) is 4.18 Å². The van der Waals surface area contributed by atoms with Crippen LogP contribution in [0, 0.1) is 0 Å². The molecule has 0 aliphatic carbocycles. The molecular weight excluding hydrogens is 330 g/mol. The lowest BCUT2D eigenvalue weighted by atomic mass is 10.0. The maximum Gasteiger partial charge on any atom is 0.333 e.